The predicted molar refractivity (Wildman–Crippen MR) is 141 cm³/mol. The first-order valence-corrected chi connectivity index (χ1v) is 12.1. The Bertz CT molecular complexity index is 1290. The molecule has 2 amide bonds. The van der Waals surface area contributed by atoms with Crippen LogP contribution in [0.15, 0.2) is 60.9 Å². The summed E-state index contributed by atoms with van der Waals surface area (Å²) in [5.74, 6) is -1.97. The number of aromatic nitrogens is 2. The van der Waals surface area contributed by atoms with Crippen LogP contribution in [0.25, 0.3) is 11.1 Å². The van der Waals surface area contributed by atoms with E-state index < -0.39 is 41.0 Å². The molecule has 10 heteroatoms. The summed E-state index contributed by atoms with van der Waals surface area (Å²) in [7, 11) is 0. The second-order valence-corrected chi connectivity index (χ2v) is 10.7. The molecule has 1 atom stereocenters. The Morgan fingerprint density at radius 3 is 2.21 bits per heavy atom. The molecule has 38 heavy (non-hydrogen) atoms. The average molecular weight is 525 g/mol. The van der Waals surface area contributed by atoms with Crippen molar-refractivity contribution >= 4 is 23.8 Å². The fourth-order valence-electron chi connectivity index (χ4n) is 3.44. The molecule has 0 bridgehead atoms. The van der Waals surface area contributed by atoms with Crippen LogP contribution in [0, 0.1) is 5.82 Å². The number of alkyl carbamates (subject to hydrolysis) is 1. The Morgan fingerprint density at radius 2 is 1.61 bits per heavy atom. The normalized spacial score (nSPS) is 12.4. The fraction of sp³-hybridized carbons (Fsp3) is 0.357. The van der Waals surface area contributed by atoms with E-state index in [1.165, 1.54) is 24.5 Å². The molecular weight excluding hydrogens is 491 g/mol. The quantitative estimate of drug-likeness (QED) is 0.427. The molecule has 202 valence electrons. The van der Waals surface area contributed by atoms with E-state index in [4.69, 9.17) is 9.47 Å². The zero-order valence-corrected chi connectivity index (χ0v) is 22.4. The highest BCUT2D eigenvalue weighted by atomic mass is 19.1. The van der Waals surface area contributed by atoms with E-state index in [1.54, 1.807) is 71.9 Å². The molecule has 0 radical (unpaired) electrons. The third-order valence-electron chi connectivity index (χ3n) is 5.09. The molecule has 1 heterocycles. The van der Waals surface area contributed by atoms with Crippen LogP contribution >= 0.6 is 0 Å². The molecule has 0 aliphatic heterocycles. The van der Waals surface area contributed by atoms with Gasteiger partial charge in [-0.05, 0) is 64.8 Å². The lowest BCUT2D eigenvalue weighted by Crippen LogP contribution is -2.37. The van der Waals surface area contributed by atoms with E-state index >= 15 is 4.39 Å². The third-order valence-corrected chi connectivity index (χ3v) is 5.09. The summed E-state index contributed by atoms with van der Waals surface area (Å²) >= 11 is 0. The molecule has 3 aromatic rings. The lowest BCUT2D eigenvalue weighted by Gasteiger charge is -2.22. The third kappa shape index (κ3) is 8.16. The molecule has 0 fully saturated rings. The van der Waals surface area contributed by atoms with Crippen molar-refractivity contribution in [2.24, 2.45) is 0 Å². The molecule has 0 aliphatic rings. The van der Waals surface area contributed by atoms with Gasteiger partial charge in [-0.15, -0.1) is 0 Å². The Morgan fingerprint density at radius 1 is 0.947 bits per heavy atom. The molecule has 0 aliphatic carbocycles. The lowest BCUT2D eigenvalue weighted by atomic mass is 9.98. The van der Waals surface area contributed by atoms with Crippen molar-refractivity contribution in [3.8, 4) is 11.1 Å². The molecule has 3 rings (SSSR count). The van der Waals surface area contributed by atoms with Crippen molar-refractivity contribution < 1.29 is 28.2 Å². The minimum atomic E-state index is -0.796. The number of amides is 2. The van der Waals surface area contributed by atoms with Gasteiger partial charge < -0.3 is 20.1 Å². The van der Waals surface area contributed by atoms with Crippen molar-refractivity contribution in [3.05, 3.63) is 72.3 Å². The standard InChI is InChI=1S/C28H33FN4O5/c1-27(2,3)37-25(35)30-16-21(18-10-8-7-9-11-18)24(34)32-23-13-12-19(14-22(23)29)20-15-31-33(17-20)26(36)38-28(4,5)6/h7-15,17,21H,16H2,1-6H3,(H,30,35)(H,32,34). The average Bonchev–Trinajstić information content (AvgIpc) is 3.30. The number of carbonyl (C=O) groups excluding carboxylic acids is 3. The molecule has 1 aromatic heterocycles. The minimum absolute atomic E-state index is 0.0310. The monoisotopic (exact) mass is 524 g/mol. The Hall–Kier alpha value is -4.21. The van der Waals surface area contributed by atoms with Crippen molar-refractivity contribution in [1.29, 1.82) is 0 Å². The lowest BCUT2D eigenvalue weighted by molar-refractivity contribution is -0.117. The van der Waals surface area contributed by atoms with Gasteiger partial charge in [0.15, 0.2) is 0 Å². The van der Waals surface area contributed by atoms with Crippen LogP contribution in [0.2, 0.25) is 0 Å². The molecule has 0 saturated carbocycles. The maximum atomic E-state index is 15.0. The number of benzene rings is 2. The summed E-state index contributed by atoms with van der Waals surface area (Å²) in [6.07, 6.45) is 1.55. The van der Waals surface area contributed by atoms with Gasteiger partial charge in [-0.3, -0.25) is 4.79 Å². The molecule has 0 saturated heterocycles. The SMILES string of the molecule is CC(C)(C)OC(=O)NCC(C(=O)Nc1ccc(-c2cnn(C(=O)OC(C)(C)C)c2)cc1F)c1ccccc1. The van der Waals surface area contributed by atoms with Crippen molar-refractivity contribution in [3.63, 3.8) is 0 Å². The molecule has 0 spiro atoms. The summed E-state index contributed by atoms with van der Waals surface area (Å²) in [6, 6.07) is 13.1. The van der Waals surface area contributed by atoms with Gasteiger partial charge in [0.1, 0.15) is 17.0 Å². The Balaban J connectivity index is 1.74. The Kier molecular flexibility index (Phi) is 8.55. The molecule has 9 nitrogen and oxygen atoms in total. The predicted octanol–water partition coefficient (Wildman–Crippen LogP) is 5.72. The molecule has 1 unspecified atom stereocenters. The van der Waals surface area contributed by atoms with Crippen LogP contribution in [-0.2, 0) is 14.3 Å². The smallest absolute Gasteiger partial charge is 0.435 e. The van der Waals surface area contributed by atoms with Crippen molar-refractivity contribution in [1.82, 2.24) is 15.1 Å². The zero-order chi connectivity index (χ0) is 28.1. The van der Waals surface area contributed by atoms with Gasteiger partial charge in [0.25, 0.3) is 0 Å². The molecule has 2 aromatic carbocycles. The van der Waals surface area contributed by atoms with Gasteiger partial charge in [0.2, 0.25) is 5.91 Å². The van der Waals surface area contributed by atoms with E-state index in [0.717, 1.165) is 4.68 Å². The van der Waals surface area contributed by atoms with E-state index in [2.05, 4.69) is 15.7 Å². The topological polar surface area (TPSA) is 112 Å². The largest absolute Gasteiger partial charge is 0.444 e. The van der Waals surface area contributed by atoms with Crippen LogP contribution in [0.3, 0.4) is 0 Å². The molecule has 2 N–H and O–H groups in total. The fourth-order valence-corrected chi connectivity index (χ4v) is 3.44. The van der Waals surface area contributed by atoms with Gasteiger partial charge in [0.05, 0.1) is 17.8 Å². The van der Waals surface area contributed by atoms with Crippen molar-refractivity contribution in [2.75, 3.05) is 11.9 Å². The number of hydrogen-bond donors (Lipinski definition) is 2. The maximum absolute atomic E-state index is 15.0. The summed E-state index contributed by atoms with van der Waals surface area (Å²) in [6.45, 7) is 10.4. The number of carbonyl (C=O) groups is 3. The second kappa shape index (κ2) is 11.5. The van der Waals surface area contributed by atoms with E-state index in [9.17, 15) is 14.4 Å². The van der Waals surface area contributed by atoms with E-state index in [-0.39, 0.29) is 12.2 Å². The van der Waals surface area contributed by atoms with Gasteiger partial charge >= 0.3 is 12.2 Å². The molecular formula is C28H33FN4O5. The highest BCUT2D eigenvalue weighted by Crippen LogP contribution is 2.26. The number of halogens is 1. The van der Waals surface area contributed by atoms with E-state index in [1.807, 2.05) is 6.07 Å². The van der Waals surface area contributed by atoms with Gasteiger partial charge in [-0.1, -0.05) is 36.4 Å². The number of anilines is 1. The van der Waals surface area contributed by atoms with Gasteiger partial charge in [-0.25, -0.2) is 14.0 Å². The summed E-state index contributed by atoms with van der Waals surface area (Å²) in [4.78, 5) is 37.5. The van der Waals surface area contributed by atoms with Crippen LogP contribution in [0.5, 0.6) is 0 Å². The highest BCUT2D eigenvalue weighted by Gasteiger charge is 2.25. The minimum Gasteiger partial charge on any atom is -0.444 e. The van der Waals surface area contributed by atoms with Crippen LogP contribution in [0.1, 0.15) is 53.0 Å². The number of ether oxygens (including phenoxy) is 2. The summed E-state index contributed by atoms with van der Waals surface area (Å²) in [5.41, 5.74) is 0.194. The second-order valence-electron chi connectivity index (χ2n) is 10.7. The number of rotatable bonds is 6. The van der Waals surface area contributed by atoms with Crippen LogP contribution in [0.4, 0.5) is 19.7 Å². The van der Waals surface area contributed by atoms with E-state index in [0.29, 0.717) is 16.7 Å². The van der Waals surface area contributed by atoms with Gasteiger partial charge in [0, 0.05) is 18.3 Å². The highest BCUT2D eigenvalue weighted by molar-refractivity contribution is 5.96. The summed E-state index contributed by atoms with van der Waals surface area (Å²) in [5, 5.41) is 9.22. The van der Waals surface area contributed by atoms with Gasteiger partial charge in [-0.2, -0.15) is 9.78 Å². The number of nitrogens with one attached hydrogen (secondary N) is 2. The Labute approximate surface area is 221 Å². The maximum Gasteiger partial charge on any atom is 0.435 e. The number of hydrogen-bond acceptors (Lipinski definition) is 6. The zero-order valence-electron chi connectivity index (χ0n) is 22.4. The first-order valence-electron chi connectivity index (χ1n) is 12.1. The summed E-state index contributed by atoms with van der Waals surface area (Å²) < 4.78 is 26.6. The number of nitrogens with zero attached hydrogens (tertiary/aromatic N) is 2. The first-order chi connectivity index (χ1) is 17.7. The van der Waals surface area contributed by atoms with Crippen LogP contribution < -0.4 is 10.6 Å². The van der Waals surface area contributed by atoms with Crippen molar-refractivity contribution in [2.45, 2.75) is 58.7 Å². The first kappa shape index (κ1) is 28.4. The van der Waals surface area contributed by atoms with Crippen LogP contribution in [-0.4, -0.2) is 45.6 Å².